The standard InChI is InChI=1S/C16H20STe/c1-3-4-5-6-10-13-18-16(14-17-2)15-11-8-7-9-12-15/h7-9,11-12,14H,3-6H2,1-2H3/b16-14+. The molecule has 96 valence electrons. The molecule has 0 heterocycles. The molecule has 0 bridgehead atoms. The molecule has 18 heavy (non-hydrogen) atoms. The van der Waals surface area contributed by atoms with Crippen molar-refractivity contribution in [2.75, 3.05) is 6.26 Å². The Morgan fingerprint density at radius 3 is 2.72 bits per heavy atom. The first-order chi connectivity index (χ1) is 8.88. The van der Waals surface area contributed by atoms with Crippen LogP contribution in [0.15, 0.2) is 35.7 Å². The van der Waals surface area contributed by atoms with E-state index < -0.39 is 0 Å². The Bertz CT molecular complexity index is 412. The van der Waals surface area contributed by atoms with Gasteiger partial charge in [-0.3, -0.25) is 0 Å². The molecule has 0 aliphatic carbocycles. The molecule has 0 N–H and O–H groups in total. The van der Waals surface area contributed by atoms with Gasteiger partial charge in [-0.05, 0) is 0 Å². The third kappa shape index (κ3) is 6.55. The second-order valence-electron chi connectivity index (χ2n) is 3.92. The molecule has 2 heteroatoms. The summed E-state index contributed by atoms with van der Waals surface area (Å²) in [5.41, 5.74) is 1.34. The molecule has 0 saturated heterocycles. The average molecular weight is 372 g/mol. The van der Waals surface area contributed by atoms with E-state index in [1.807, 2.05) is 0 Å². The summed E-state index contributed by atoms with van der Waals surface area (Å²) in [5, 5.41) is 2.26. The second kappa shape index (κ2) is 10.6. The van der Waals surface area contributed by atoms with E-state index >= 15 is 0 Å². The zero-order valence-electron chi connectivity index (χ0n) is 11.1. The molecule has 0 saturated carbocycles. The van der Waals surface area contributed by atoms with Crippen molar-refractivity contribution >= 4 is 36.3 Å². The molecule has 1 aromatic rings. The van der Waals surface area contributed by atoms with Crippen LogP contribution in [0.25, 0.3) is 3.62 Å². The van der Waals surface area contributed by atoms with Gasteiger partial charge in [-0.1, -0.05) is 0 Å². The third-order valence-corrected chi connectivity index (χ3v) is 5.70. The van der Waals surface area contributed by atoms with Gasteiger partial charge in [0, 0.05) is 0 Å². The van der Waals surface area contributed by atoms with Gasteiger partial charge in [0.15, 0.2) is 0 Å². The van der Waals surface area contributed by atoms with E-state index in [-0.39, 0.29) is 20.9 Å². The van der Waals surface area contributed by atoms with Gasteiger partial charge < -0.3 is 0 Å². The number of benzene rings is 1. The van der Waals surface area contributed by atoms with Crippen LogP contribution in [0.2, 0.25) is 0 Å². The van der Waals surface area contributed by atoms with Gasteiger partial charge in [-0.25, -0.2) is 0 Å². The normalized spacial score (nSPS) is 10.9. The average Bonchev–Trinajstić information content (AvgIpc) is 2.42. The van der Waals surface area contributed by atoms with Gasteiger partial charge in [0.2, 0.25) is 0 Å². The monoisotopic (exact) mass is 374 g/mol. The number of unbranched alkanes of at least 4 members (excludes halogenated alkanes) is 3. The molecular weight excluding hydrogens is 352 g/mol. The predicted octanol–water partition coefficient (Wildman–Crippen LogP) is 4.59. The summed E-state index contributed by atoms with van der Waals surface area (Å²) >= 11 is 1.42. The molecule has 0 aliphatic heterocycles. The van der Waals surface area contributed by atoms with Gasteiger partial charge in [-0.2, -0.15) is 0 Å². The van der Waals surface area contributed by atoms with Crippen molar-refractivity contribution in [3.8, 4) is 9.89 Å². The molecule has 0 unspecified atom stereocenters. The van der Waals surface area contributed by atoms with E-state index in [1.165, 1.54) is 28.4 Å². The Balaban J connectivity index is 2.52. The molecule has 0 nitrogen and oxygen atoms in total. The van der Waals surface area contributed by atoms with Gasteiger partial charge >= 0.3 is 126 Å². The molecule has 0 radical (unpaired) electrons. The van der Waals surface area contributed by atoms with E-state index in [2.05, 4.69) is 58.8 Å². The van der Waals surface area contributed by atoms with Crippen LogP contribution in [0.5, 0.6) is 0 Å². The second-order valence-corrected chi connectivity index (χ2v) is 7.05. The molecule has 1 aromatic carbocycles. The topological polar surface area (TPSA) is 0 Å². The summed E-state index contributed by atoms with van der Waals surface area (Å²) in [6, 6.07) is 10.6. The predicted molar refractivity (Wildman–Crippen MR) is 85.6 cm³/mol. The molecule has 0 aromatic heterocycles. The summed E-state index contributed by atoms with van der Waals surface area (Å²) in [4.78, 5) is 0. The Morgan fingerprint density at radius 1 is 1.28 bits per heavy atom. The fraction of sp³-hybridized carbons (Fsp3) is 0.375. The van der Waals surface area contributed by atoms with Crippen molar-refractivity contribution in [2.45, 2.75) is 32.6 Å². The summed E-state index contributed by atoms with van der Waals surface area (Å²) in [6.45, 7) is 2.23. The van der Waals surface area contributed by atoms with E-state index in [0.717, 1.165) is 6.42 Å². The fourth-order valence-corrected chi connectivity index (χ4v) is 4.64. The van der Waals surface area contributed by atoms with Crippen molar-refractivity contribution in [2.24, 2.45) is 0 Å². The first-order valence-corrected chi connectivity index (χ1v) is 9.93. The van der Waals surface area contributed by atoms with Crippen LogP contribution in [0.3, 0.4) is 0 Å². The van der Waals surface area contributed by atoms with Gasteiger partial charge in [-0.15, -0.1) is 0 Å². The number of hydrogen-bond acceptors (Lipinski definition) is 1. The number of rotatable bonds is 6. The van der Waals surface area contributed by atoms with Crippen molar-refractivity contribution < 1.29 is 0 Å². The van der Waals surface area contributed by atoms with Crippen LogP contribution in [-0.2, 0) is 0 Å². The van der Waals surface area contributed by atoms with Crippen LogP contribution in [0.1, 0.15) is 38.2 Å². The maximum atomic E-state index is 3.43. The van der Waals surface area contributed by atoms with Crippen LogP contribution in [0.4, 0.5) is 0 Å². The third-order valence-electron chi connectivity index (χ3n) is 2.42. The van der Waals surface area contributed by atoms with Crippen LogP contribution in [0, 0.1) is 9.89 Å². The molecule has 0 fully saturated rings. The molecule has 0 spiro atoms. The van der Waals surface area contributed by atoms with Crippen LogP contribution >= 0.6 is 11.8 Å². The Morgan fingerprint density at radius 2 is 2.06 bits per heavy atom. The summed E-state index contributed by atoms with van der Waals surface area (Å²) in [7, 11) is 0. The molecule has 0 amide bonds. The van der Waals surface area contributed by atoms with Crippen molar-refractivity contribution in [3.05, 3.63) is 41.3 Å². The van der Waals surface area contributed by atoms with E-state index in [9.17, 15) is 0 Å². The minimum atomic E-state index is -0.356. The zero-order valence-corrected chi connectivity index (χ0v) is 14.3. The van der Waals surface area contributed by atoms with Gasteiger partial charge in [0.25, 0.3) is 0 Å². The minimum absolute atomic E-state index is 0.356. The van der Waals surface area contributed by atoms with Crippen molar-refractivity contribution in [1.82, 2.24) is 0 Å². The quantitative estimate of drug-likeness (QED) is 0.400. The van der Waals surface area contributed by atoms with Crippen molar-refractivity contribution in [3.63, 3.8) is 0 Å². The summed E-state index contributed by atoms with van der Waals surface area (Å²) in [5.74, 6) is 3.34. The molecule has 0 aliphatic rings. The summed E-state index contributed by atoms with van der Waals surface area (Å²) in [6.07, 6.45) is 7.02. The van der Waals surface area contributed by atoms with Gasteiger partial charge in [0.1, 0.15) is 0 Å². The van der Waals surface area contributed by atoms with E-state index in [1.54, 1.807) is 11.8 Å². The number of hydrogen-bond donors (Lipinski definition) is 0. The maximum absolute atomic E-state index is 3.43. The fourth-order valence-electron chi connectivity index (χ4n) is 1.47. The molecular formula is C16H20STe. The van der Waals surface area contributed by atoms with Crippen LogP contribution in [-0.4, -0.2) is 27.2 Å². The Labute approximate surface area is 126 Å². The van der Waals surface area contributed by atoms with Gasteiger partial charge in [0.05, 0.1) is 0 Å². The number of thioether (sulfide) groups is 1. The van der Waals surface area contributed by atoms with Crippen LogP contribution < -0.4 is 0 Å². The van der Waals surface area contributed by atoms with E-state index in [4.69, 9.17) is 0 Å². The first kappa shape index (κ1) is 15.7. The van der Waals surface area contributed by atoms with Crippen molar-refractivity contribution in [1.29, 1.82) is 0 Å². The Kier molecular flexibility index (Phi) is 9.23. The summed E-state index contributed by atoms with van der Waals surface area (Å²) < 4.78 is 4.88. The molecule has 0 atom stereocenters. The SMILES string of the molecule is CCCCCC#C[Te]/C(=C/SC)c1ccccc1. The van der Waals surface area contributed by atoms with E-state index in [0.29, 0.717) is 0 Å². The first-order valence-electron chi connectivity index (χ1n) is 6.31. The Hall–Kier alpha value is -0.340. The molecule has 1 rings (SSSR count). The zero-order chi connectivity index (χ0) is 13.1.